The van der Waals surface area contributed by atoms with Crippen LogP contribution < -0.4 is 20.9 Å². The molecular weight excluding hydrogens is 342 g/mol. The lowest BCUT2D eigenvalue weighted by Crippen LogP contribution is -2.15. The number of rotatable bonds is 7. The van der Waals surface area contributed by atoms with E-state index in [9.17, 15) is 9.59 Å². The van der Waals surface area contributed by atoms with Crippen LogP contribution in [0.1, 0.15) is 22.8 Å². The third kappa shape index (κ3) is 4.98. The largest absolute Gasteiger partial charge is 0.494 e. The molecule has 0 aliphatic heterocycles. The van der Waals surface area contributed by atoms with Gasteiger partial charge in [-0.2, -0.15) is 0 Å². The van der Waals surface area contributed by atoms with Crippen LogP contribution >= 0.6 is 0 Å². The fourth-order valence-electron chi connectivity index (χ4n) is 2.58. The number of pyridine rings is 1. The molecule has 138 valence electrons. The normalized spacial score (nSPS) is 10.3. The number of aromatic nitrogens is 1. The molecule has 1 amide bonds. The number of nitrogens with one attached hydrogen (secondary N) is 3. The van der Waals surface area contributed by atoms with Gasteiger partial charge >= 0.3 is 0 Å². The molecule has 0 bridgehead atoms. The monoisotopic (exact) mass is 363 g/mol. The van der Waals surface area contributed by atoms with Gasteiger partial charge in [0.25, 0.3) is 5.91 Å². The first-order chi connectivity index (χ1) is 13.2. The van der Waals surface area contributed by atoms with Crippen molar-refractivity contribution >= 4 is 17.3 Å². The van der Waals surface area contributed by atoms with Gasteiger partial charge in [-0.1, -0.05) is 18.2 Å². The highest BCUT2D eigenvalue weighted by Crippen LogP contribution is 2.20. The molecule has 6 nitrogen and oxygen atoms in total. The van der Waals surface area contributed by atoms with E-state index < -0.39 is 0 Å². The number of amides is 1. The molecule has 1 heterocycles. The molecule has 1 aromatic heterocycles. The smallest absolute Gasteiger partial charge is 0.257 e. The molecule has 27 heavy (non-hydrogen) atoms. The second-order valence-corrected chi connectivity index (χ2v) is 5.87. The summed E-state index contributed by atoms with van der Waals surface area (Å²) in [4.78, 5) is 26.4. The van der Waals surface area contributed by atoms with E-state index in [2.05, 4.69) is 15.6 Å². The van der Waals surface area contributed by atoms with Gasteiger partial charge in [0.05, 0.1) is 12.2 Å². The van der Waals surface area contributed by atoms with E-state index in [-0.39, 0.29) is 11.5 Å². The van der Waals surface area contributed by atoms with Crippen LogP contribution in [0.2, 0.25) is 0 Å². The van der Waals surface area contributed by atoms with Crippen molar-refractivity contribution in [3.8, 4) is 5.75 Å². The zero-order chi connectivity index (χ0) is 19.1. The Morgan fingerprint density at radius 2 is 1.81 bits per heavy atom. The molecule has 0 spiro atoms. The Morgan fingerprint density at radius 3 is 2.52 bits per heavy atom. The molecule has 0 saturated heterocycles. The lowest BCUT2D eigenvalue weighted by atomic mass is 10.1. The first-order valence-corrected chi connectivity index (χ1v) is 8.70. The summed E-state index contributed by atoms with van der Waals surface area (Å²) in [6.07, 6.45) is 1.65. The standard InChI is InChI=1S/C21H21N3O3/c1-2-27-17-10-8-16(9-11-17)24-21(26)18-5-3-4-6-19(18)22-13-15-7-12-20(25)23-14-15/h3-12,14,22H,2,13H2,1H3,(H,23,25)(H,24,26). The predicted octanol–water partition coefficient (Wildman–Crippen LogP) is 3.64. The van der Waals surface area contributed by atoms with E-state index in [0.29, 0.717) is 30.1 Å². The molecule has 6 heteroatoms. The van der Waals surface area contributed by atoms with Gasteiger partial charge in [0, 0.05) is 30.2 Å². The minimum absolute atomic E-state index is 0.145. The molecule has 0 unspecified atom stereocenters. The fourth-order valence-corrected chi connectivity index (χ4v) is 2.58. The minimum atomic E-state index is -0.205. The number of aromatic amines is 1. The van der Waals surface area contributed by atoms with E-state index in [4.69, 9.17) is 4.74 Å². The maximum Gasteiger partial charge on any atom is 0.257 e. The second-order valence-electron chi connectivity index (χ2n) is 5.87. The van der Waals surface area contributed by atoms with Crippen LogP contribution in [0.4, 0.5) is 11.4 Å². The third-order valence-corrected chi connectivity index (χ3v) is 3.93. The Bertz CT molecular complexity index is 944. The Morgan fingerprint density at radius 1 is 1.04 bits per heavy atom. The number of hydrogen-bond acceptors (Lipinski definition) is 4. The van der Waals surface area contributed by atoms with Crippen molar-refractivity contribution in [1.82, 2.24) is 4.98 Å². The van der Waals surface area contributed by atoms with Crippen molar-refractivity contribution in [2.75, 3.05) is 17.2 Å². The Hall–Kier alpha value is -3.54. The zero-order valence-electron chi connectivity index (χ0n) is 15.0. The molecule has 2 aromatic carbocycles. The van der Waals surface area contributed by atoms with Crippen LogP contribution in [0.15, 0.2) is 71.7 Å². The number of anilines is 2. The molecule has 0 atom stereocenters. The van der Waals surface area contributed by atoms with Gasteiger partial charge in [0.15, 0.2) is 0 Å². The molecule has 0 aliphatic carbocycles. The van der Waals surface area contributed by atoms with E-state index in [0.717, 1.165) is 11.3 Å². The average molecular weight is 363 g/mol. The summed E-state index contributed by atoms with van der Waals surface area (Å²) in [5.74, 6) is 0.558. The number of ether oxygens (including phenoxy) is 1. The van der Waals surface area contributed by atoms with Crippen molar-refractivity contribution < 1.29 is 9.53 Å². The van der Waals surface area contributed by atoms with Crippen LogP contribution in [0.25, 0.3) is 0 Å². The van der Waals surface area contributed by atoms with E-state index in [1.807, 2.05) is 37.3 Å². The van der Waals surface area contributed by atoms with Crippen LogP contribution in [0.5, 0.6) is 5.75 Å². The summed E-state index contributed by atoms with van der Waals surface area (Å²) >= 11 is 0. The number of hydrogen-bond donors (Lipinski definition) is 3. The Kier molecular flexibility index (Phi) is 5.89. The van der Waals surface area contributed by atoms with Crippen LogP contribution in [0, 0.1) is 0 Å². The van der Waals surface area contributed by atoms with Gasteiger partial charge in [-0.3, -0.25) is 9.59 Å². The quantitative estimate of drug-likeness (QED) is 0.598. The van der Waals surface area contributed by atoms with Gasteiger partial charge < -0.3 is 20.4 Å². The number of H-pyrrole nitrogens is 1. The van der Waals surface area contributed by atoms with Crippen molar-refractivity contribution in [2.45, 2.75) is 13.5 Å². The highest BCUT2D eigenvalue weighted by atomic mass is 16.5. The fraction of sp³-hybridized carbons (Fsp3) is 0.143. The molecule has 0 radical (unpaired) electrons. The number of carbonyl (C=O) groups is 1. The van der Waals surface area contributed by atoms with Gasteiger partial charge in [0.2, 0.25) is 5.56 Å². The van der Waals surface area contributed by atoms with Crippen molar-refractivity contribution in [3.05, 3.63) is 88.3 Å². The first-order valence-electron chi connectivity index (χ1n) is 8.70. The summed E-state index contributed by atoms with van der Waals surface area (Å²) in [5, 5.41) is 6.13. The van der Waals surface area contributed by atoms with Crippen LogP contribution in [-0.2, 0) is 6.54 Å². The molecular formula is C21H21N3O3. The lowest BCUT2D eigenvalue weighted by Gasteiger charge is -2.12. The second kappa shape index (κ2) is 8.71. The third-order valence-electron chi connectivity index (χ3n) is 3.93. The maximum absolute atomic E-state index is 12.7. The number of benzene rings is 2. The van der Waals surface area contributed by atoms with Gasteiger partial charge in [-0.05, 0) is 48.9 Å². The summed E-state index contributed by atoms with van der Waals surface area (Å²) in [6, 6.07) is 17.8. The van der Waals surface area contributed by atoms with E-state index in [1.54, 1.807) is 30.5 Å². The van der Waals surface area contributed by atoms with Gasteiger partial charge in [0.1, 0.15) is 5.75 Å². The molecule has 3 N–H and O–H groups in total. The molecule has 3 rings (SSSR count). The van der Waals surface area contributed by atoms with Crippen molar-refractivity contribution in [2.24, 2.45) is 0 Å². The minimum Gasteiger partial charge on any atom is -0.494 e. The maximum atomic E-state index is 12.7. The Balaban J connectivity index is 1.69. The lowest BCUT2D eigenvalue weighted by molar-refractivity contribution is 0.102. The van der Waals surface area contributed by atoms with Crippen LogP contribution in [-0.4, -0.2) is 17.5 Å². The highest BCUT2D eigenvalue weighted by Gasteiger charge is 2.11. The van der Waals surface area contributed by atoms with E-state index >= 15 is 0 Å². The first kappa shape index (κ1) is 18.3. The van der Waals surface area contributed by atoms with Crippen molar-refractivity contribution in [1.29, 1.82) is 0 Å². The predicted molar refractivity (Wildman–Crippen MR) is 106 cm³/mol. The molecule has 3 aromatic rings. The topological polar surface area (TPSA) is 83.2 Å². The van der Waals surface area contributed by atoms with Crippen LogP contribution in [0.3, 0.4) is 0 Å². The molecule has 0 saturated carbocycles. The highest BCUT2D eigenvalue weighted by molar-refractivity contribution is 6.08. The zero-order valence-corrected chi connectivity index (χ0v) is 15.0. The van der Waals surface area contributed by atoms with Gasteiger partial charge in [-0.15, -0.1) is 0 Å². The summed E-state index contributed by atoms with van der Waals surface area (Å²) in [6.45, 7) is 3.01. The summed E-state index contributed by atoms with van der Waals surface area (Å²) in [7, 11) is 0. The summed E-state index contributed by atoms with van der Waals surface area (Å²) < 4.78 is 5.41. The van der Waals surface area contributed by atoms with E-state index in [1.165, 1.54) is 6.07 Å². The average Bonchev–Trinajstić information content (AvgIpc) is 2.69. The van der Waals surface area contributed by atoms with Crippen molar-refractivity contribution in [3.63, 3.8) is 0 Å². The SMILES string of the molecule is CCOc1ccc(NC(=O)c2ccccc2NCc2ccc(=O)[nH]c2)cc1. The number of para-hydroxylation sites is 1. The van der Waals surface area contributed by atoms with Gasteiger partial charge in [-0.25, -0.2) is 0 Å². The number of carbonyl (C=O) groups excluding carboxylic acids is 1. The molecule has 0 aliphatic rings. The summed E-state index contributed by atoms with van der Waals surface area (Å²) in [5.41, 5.74) is 2.71. The molecule has 0 fully saturated rings. The Labute approximate surface area is 157 Å².